The number of carboxylic acid groups (broad SMARTS) is 1. The van der Waals surface area contributed by atoms with Crippen LogP contribution < -0.4 is 5.32 Å². The molecular weight excluding hydrogens is 308 g/mol. The summed E-state index contributed by atoms with van der Waals surface area (Å²) in [5.74, 6) is 0.611. The maximum Gasteiger partial charge on any atom is 0.407 e. The summed E-state index contributed by atoms with van der Waals surface area (Å²) < 4.78 is 0. The molecule has 2 aromatic rings. The zero-order valence-electron chi connectivity index (χ0n) is 13.1. The first-order valence-electron chi connectivity index (χ1n) is 8.08. The number of pyridine rings is 1. The molecule has 2 amide bonds. The van der Waals surface area contributed by atoms with Crippen LogP contribution in [0.5, 0.6) is 0 Å². The standard InChI is InChI=1S/C17H18N4O3/c22-16(10-3-4-10)20-14-8-13(12-5-6-18-15(12)19-14)11-2-1-7-21(9-11)17(23)24/h2,5-6,8,10H,1,3-4,7,9H2,(H,23,24)(H2,18,19,20,22). The highest BCUT2D eigenvalue weighted by molar-refractivity contribution is 5.97. The van der Waals surface area contributed by atoms with Gasteiger partial charge in [0.25, 0.3) is 0 Å². The van der Waals surface area contributed by atoms with Gasteiger partial charge < -0.3 is 20.3 Å². The minimum atomic E-state index is -0.915. The lowest BCUT2D eigenvalue weighted by Crippen LogP contribution is -2.34. The summed E-state index contributed by atoms with van der Waals surface area (Å²) in [7, 11) is 0. The van der Waals surface area contributed by atoms with E-state index in [1.165, 1.54) is 4.90 Å². The van der Waals surface area contributed by atoms with E-state index in [0.717, 1.165) is 29.4 Å². The van der Waals surface area contributed by atoms with Crippen molar-refractivity contribution in [3.05, 3.63) is 30.0 Å². The second kappa shape index (κ2) is 5.67. The van der Waals surface area contributed by atoms with E-state index in [0.29, 0.717) is 31.0 Å². The lowest BCUT2D eigenvalue weighted by atomic mass is 9.99. The topological polar surface area (TPSA) is 98.3 Å². The molecule has 7 heteroatoms. The third-order valence-electron chi connectivity index (χ3n) is 4.50. The number of aromatic nitrogens is 2. The average Bonchev–Trinajstić information content (AvgIpc) is 3.33. The van der Waals surface area contributed by atoms with Crippen LogP contribution in [0.3, 0.4) is 0 Å². The number of amides is 2. The molecule has 0 atom stereocenters. The summed E-state index contributed by atoms with van der Waals surface area (Å²) in [6, 6.07) is 3.76. The van der Waals surface area contributed by atoms with Crippen LogP contribution in [0.4, 0.5) is 10.6 Å². The van der Waals surface area contributed by atoms with Crippen LogP contribution in [0, 0.1) is 5.92 Å². The molecule has 124 valence electrons. The van der Waals surface area contributed by atoms with E-state index < -0.39 is 6.09 Å². The zero-order valence-corrected chi connectivity index (χ0v) is 13.1. The molecule has 7 nitrogen and oxygen atoms in total. The van der Waals surface area contributed by atoms with Gasteiger partial charge in [-0.3, -0.25) is 4.79 Å². The van der Waals surface area contributed by atoms with Crippen molar-refractivity contribution in [3.63, 3.8) is 0 Å². The number of hydrogen-bond acceptors (Lipinski definition) is 3. The Bertz CT molecular complexity index is 851. The molecule has 24 heavy (non-hydrogen) atoms. The molecule has 0 radical (unpaired) electrons. The van der Waals surface area contributed by atoms with Gasteiger partial charge in [0.1, 0.15) is 11.5 Å². The molecule has 2 aliphatic rings. The molecular formula is C17H18N4O3. The quantitative estimate of drug-likeness (QED) is 0.807. The maximum atomic E-state index is 12.0. The van der Waals surface area contributed by atoms with Crippen molar-refractivity contribution < 1.29 is 14.7 Å². The highest BCUT2D eigenvalue weighted by Crippen LogP contribution is 2.32. The van der Waals surface area contributed by atoms with E-state index in [1.54, 1.807) is 6.20 Å². The Hall–Kier alpha value is -2.83. The van der Waals surface area contributed by atoms with Crippen LogP contribution in [0.1, 0.15) is 24.8 Å². The third-order valence-corrected chi connectivity index (χ3v) is 4.50. The lowest BCUT2D eigenvalue weighted by Gasteiger charge is -2.25. The molecule has 1 aliphatic carbocycles. The molecule has 0 bridgehead atoms. The molecule has 0 spiro atoms. The molecule has 1 saturated carbocycles. The minimum Gasteiger partial charge on any atom is -0.465 e. The summed E-state index contributed by atoms with van der Waals surface area (Å²) >= 11 is 0. The molecule has 1 aliphatic heterocycles. The van der Waals surface area contributed by atoms with Gasteiger partial charge in [0.2, 0.25) is 5.91 Å². The fourth-order valence-corrected chi connectivity index (χ4v) is 3.04. The van der Waals surface area contributed by atoms with Gasteiger partial charge in [-0.1, -0.05) is 6.08 Å². The molecule has 3 heterocycles. The first kappa shape index (κ1) is 14.7. The van der Waals surface area contributed by atoms with Gasteiger partial charge in [0.15, 0.2) is 0 Å². The average molecular weight is 326 g/mol. The first-order valence-corrected chi connectivity index (χ1v) is 8.08. The molecule has 0 aromatic carbocycles. The number of carbonyl (C=O) groups excluding carboxylic acids is 1. The van der Waals surface area contributed by atoms with Crippen LogP contribution in [-0.2, 0) is 4.79 Å². The van der Waals surface area contributed by atoms with Gasteiger partial charge in [-0.2, -0.15) is 0 Å². The van der Waals surface area contributed by atoms with Crippen LogP contribution in [0.2, 0.25) is 0 Å². The molecule has 0 saturated heterocycles. The van der Waals surface area contributed by atoms with E-state index in [2.05, 4.69) is 21.4 Å². The van der Waals surface area contributed by atoms with E-state index >= 15 is 0 Å². The Morgan fingerprint density at radius 2 is 2.21 bits per heavy atom. The molecule has 3 N–H and O–H groups in total. The number of aromatic amines is 1. The summed E-state index contributed by atoms with van der Waals surface area (Å²) in [6.45, 7) is 0.848. The SMILES string of the molecule is O=C(Nc1cc(C2=CCCN(C(=O)O)C2)c2cc[nH]c2n1)C1CC1. The Morgan fingerprint density at radius 3 is 2.96 bits per heavy atom. The normalized spacial score (nSPS) is 17.7. The third kappa shape index (κ3) is 2.73. The monoisotopic (exact) mass is 326 g/mol. The number of carbonyl (C=O) groups is 2. The predicted octanol–water partition coefficient (Wildman–Crippen LogP) is 2.68. The number of rotatable bonds is 3. The Labute approximate surface area is 138 Å². The van der Waals surface area contributed by atoms with Gasteiger partial charge in [0, 0.05) is 30.6 Å². The van der Waals surface area contributed by atoms with Crippen LogP contribution >= 0.6 is 0 Å². The second-order valence-electron chi connectivity index (χ2n) is 6.28. The van der Waals surface area contributed by atoms with Crippen molar-refractivity contribution >= 4 is 34.4 Å². The predicted molar refractivity (Wildman–Crippen MR) is 89.6 cm³/mol. The number of nitrogens with one attached hydrogen (secondary N) is 2. The van der Waals surface area contributed by atoms with E-state index in [1.807, 2.05) is 12.1 Å². The van der Waals surface area contributed by atoms with Gasteiger partial charge >= 0.3 is 6.09 Å². The fraction of sp³-hybridized carbons (Fsp3) is 0.353. The van der Waals surface area contributed by atoms with Gasteiger partial charge in [-0.15, -0.1) is 0 Å². The van der Waals surface area contributed by atoms with Crippen molar-refractivity contribution in [2.45, 2.75) is 19.3 Å². The number of hydrogen-bond donors (Lipinski definition) is 3. The van der Waals surface area contributed by atoms with Crippen LogP contribution in [0.25, 0.3) is 16.6 Å². The second-order valence-corrected chi connectivity index (χ2v) is 6.28. The van der Waals surface area contributed by atoms with Gasteiger partial charge in [0.05, 0.1) is 0 Å². The highest BCUT2D eigenvalue weighted by atomic mass is 16.4. The first-order chi connectivity index (χ1) is 11.6. The van der Waals surface area contributed by atoms with Crippen molar-refractivity contribution in [1.29, 1.82) is 0 Å². The smallest absolute Gasteiger partial charge is 0.407 e. The van der Waals surface area contributed by atoms with E-state index in [-0.39, 0.29) is 11.8 Å². The Morgan fingerprint density at radius 1 is 1.38 bits per heavy atom. The summed E-state index contributed by atoms with van der Waals surface area (Å²) in [6.07, 6.45) is 5.49. The van der Waals surface area contributed by atoms with E-state index in [4.69, 9.17) is 0 Å². The minimum absolute atomic E-state index is 0.00384. The van der Waals surface area contributed by atoms with Gasteiger partial charge in [-0.25, -0.2) is 9.78 Å². The summed E-state index contributed by atoms with van der Waals surface area (Å²) in [5, 5.41) is 13.0. The maximum absolute atomic E-state index is 12.0. The number of fused-ring (bicyclic) bond motifs is 1. The van der Waals surface area contributed by atoms with Crippen molar-refractivity contribution in [3.8, 4) is 0 Å². The van der Waals surface area contributed by atoms with E-state index in [9.17, 15) is 14.7 Å². The summed E-state index contributed by atoms with van der Waals surface area (Å²) in [4.78, 5) is 32.2. The summed E-state index contributed by atoms with van der Waals surface area (Å²) in [5.41, 5.74) is 2.54. The highest BCUT2D eigenvalue weighted by Gasteiger charge is 2.30. The van der Waals surface area contributed by atoms with Gasteiger partial charge in [-0.05, 0) is 42.5 Å². The molecule has 4 rings (SSSR count). The Kier molecular flexibility index (Phi) is 3.48. The zero-order chi connectivity index (χ0) is 16.7. The van der Waals surface area contributed by atoms with Crippen LogP contribution in [-0.4, -0.2) is 45.1 Å². The molecule has 2 aromatic heterocycles. The number of H-pyrrole nitrogens is 1. The largest absolute Gasteiger partial charge is 0.465 e. The Balaban J connectivity index is 1.70. The number of nitrogens with zero attached hydrogens (tertiary/aromatic N) is 2. The molecule has 1 fully saturated rings. The van der Waals surface area contributed by atoms with Crippen molar-refractivity contribution in [2.75, 3.05) is 18.4 Å². The fourth-order valence-electron chi connectivity index (χ4n) is 3.04. The van der Waals surface area contributed by atoms with Crippen molar-refractivity contribution in [1.82, 2.24) is 14.9 Å². The number of anilines is 1. The van der Waals surface area contributed by atoms with Crippen molar-refractivity contribution in [2.24, 2.45) is 5.92 Å². The molecule has 0 unspecified atom stereocenters. The lowest BCUT2D eigenvalue weighted by molar-refractivity contribution is -0.117. The van der Waals surface area contributed by atoms with Crippen LogP contribution in [0.15, 0.2) is 24.4 Å².